The molecule has 0 spiro atoms. The van der Waals surface area contributed by atoms with Gasteiger partial charge in [-0.1, -0.05) is 56.3 Å². The molecule has 1 heterocycles. The minimum Gasteiger partial charge on any atom is -0.465 e. The number of nitrogens with one attached hydrogen (secondary N) is 1. The molecule has 1 unspecified atom stereocenters. The number of benzene rings is 1. The zero-order valence-corrected chi connectivity index (χ0v) is 15.2. The van der Waals surface area contributed by atoms with Gasteiger partial charge in [0.1, 0.15) is 6.61 Å². The number of oxime groups is 1. The molecule has 26 heavy (non-hydrogen) atoms. The third-order valence-electron chi connectivity index (χ3n) is 4.31. The van der Waals surface area contributed by atoms with E-state index in [2.05, 4.69) is 10.5 Å². The second kappa shape index (κ2) is 8.07. The molecule has 0 bridgehead atoms. The Balaban J connectivity index is 1.96. The Morgan fingerprint density at radius 2 is 1.96 bits per heavy atom. The number of rotatable bonds is 4. The molecular weight excluding hydrogens is 338 g/mol. The highest BCUT2D eigenvalue weighted by Crippen LogP contribution is 2.33. The lowest BCUT2D eigenvalue weighted by Gasteiger charge is -2.32. The average molecular weight is 363 g/mol. The number of alkyl carbamates (subject to hydrolysis) is 1. The van der Waals surface area contributed by atoms with Crippen LogP contribution in [-0.4, -0.2) is 52.2 Å². The summed E-state index contributed by atoms with van der Waals surface area (Å²) in [5.74, 6) is -0.412. The molecule has 1 fully saturated rings. The Morgan fingerprint density at radius 1 is 1.31 bits per heavy atom. The molecule has 2 rings (SSSR count). The maximum atomic E-state index is 11.9. The van der Waals surface area contributed by atoms with E-state index in [9.17, 15) is 19.9 Å². The molecule has 1 aliphatic rings. The number of carboxylic acid groups (broad SMARTS) is 1. The summed E-state index contributed by atoms with van der Waals surface area (Å²) in [4.78, 5) is 24.7. The van der Waals surface area contributed by atoms with Crippen LogP contribution in [0.15, 0.2) is 35.5 Å². The van der Waals surface area contributed by atoms with Crippen molar-refractivity contribution < 1.29 is 24.6 Å². The van der Waals surface area contributed by atoms with Gasteiger partial charge in [-0.3, -0.25) is 4.90 Å². The van der Waals surface area contributed by atoms with E-state index in [1.807, 2.05) is 51.1 Å². The van der Waals surface area contributed by atoms with Crippen LogP contribution in [0.5, 0.6) is 0 Å². The largest absolute Gasteiger partial charge is 0.465 e. The molecule has 3 N–H and O–H groups in total. The Morgan fingerprint density at radius 3 is 2.50 bits per heavy atom. The van der Waals surface area contributed by atoms with Crippen LogP contribution < -0.4 is 5.32 Å². The van der Waals surface area contributed by atoms with Crippen molar-refractivity contribution in [3.63, 3.8) is 0 Å². The lowest BCUT2D eigenvalue weighted by Crippen LogP contribution is -2.45. The number of hydrogen-bond acceptors (Lipinski definition) is 5. The second-order valence-corrected chi connectivity index (χ2v) is 7.37. The van der Waals surface area contributed by atoms with Crippen molar-refractivity contribution in [2.75, 3.05) is 13.1 Å². The minimum atomic E-state index is -1.08. The number of carbonyl (C=O) groups is 2. The van der Waals surface area contributed by atoms with Gasteiger partial charge in [0, 0.05) is 19.0 Å². The van der Waals surface area contributed by atoms with Crippen molar-refractivity contribution in [2.24, 2.45) is 16.5 Å². The zero-order chi connectivity index (χ0) is 19.3. The Hall–Kier alpha value is -2.77. The van der Waals surface area contributed by atoms with E-state index in [4.69, 9.17) is 4.74 Å². The molecule has 8 heteroatoms. The average Bonchev–Trinajstić information content (AvgIpc) is 2.98. The predicted octanol–water partition coefficient (Wildman–Crippen LogP) is 2.77. The molecule has 1 aromatic rings. The maximum Gasteiger partial charge on any atom is 0.407 e. The van der Waals surface area contributed by atoms with E-state index in [1.165, 1.54) is 4.90 Å². The van der Waals surface area contributed by atoms with E-state index in [-0.39, 0.29) is 19.7 Å². The van der Waals surface area contributed by atoms with Crippen molar-refractivity contribution in [2.45, 2.75) is 33.4 Å². The number of likely N-dealkylation sites (tertiary alicyclic amines) is 1. The molecule has 1 saturated heterocycles. The van der Waals surface area contributed by atoms with E-state index >= 15 is 0 Å². The number of amides is 2. The van der Waals surface area contributed by atoms with Crippen LogP contribution in [0, 0.1) is 11.3 Å². The third-order valence-corrected chi connectivity index (χ3v) is 4.31. The smallest absolute Gasteiger partial charge is 0.407 e. The standard InChI is InChI=1S/C18H25N3O5/c1-18(2,3)15-14(20-25)13(10-21(15)17(23)24)9-19-16(22)26-11-12-7-5-4-6-8-12/h4-8,13,15,25H,9-11H2,1-3H3,(H,19,22)(H,23,24)/b20-14-/t13-,15?/m1/s1. The van der Waals surface area contributed by atoms with Crippen molar-refractivity contribution in [1.82, 2.24) is 10.2 Å². The van der Waals surface area contributed by atoms with Crippen LogP contribution in [0.1, 0.15) is 26.3 Å². The first-order valence-corrected chi connectivity index (χ1v) is 8.40. The van der Waals surface area contributed by atoms with Gasteiger partial charge >= 0.3 is 12.2 Å². The molecule has 142 valence electrons. The summed E-state index contributed by atoms with van der Waals surface area (Å²) < 4.78 is 5.14. The maximum absolute atomic E-state index is 11.9. The lowest BCUT2D eigenvalue weighted by atomic mass is 9.82. The van der Waals surface area contributed by atoms with E-state index in [0.29, 0.717) is 5.71 Å². The molecule has 0 radical (unpaired) electrons. The van der Waals surface area contributed by atoms with Crippen LogP contribution in [0.2, 0.25) is 0 Å². The fourth-order valence-electron chi connectivity index (χ4n) is 3.21. The number of ether oxygens (including phenoxy) is 1. The molecule has 1 aromatic carbocycles. The van der Waals surface area contributed by atoms with Crippen molar-refractivity contribution in [3.05, 3.63) is 35.9 Å². The van der Waals surface area contributed by atoms with Crippen molar-refractivity contribution in [3.8, 4) is 0 Å². The van der Waals surface area contributed by atoms with Gasteiger partial charge in [0.25, 0.3) is 0 Å². The fraction of sp³-hybridized carbons (Fsp3) is 0.500. The normalized spacial score (nSPS) is 21.7. The summed E-state index contributed by atoms with van der Waals surface area (Å²) in [6.07, 6.45) is -1.69. The molecule has 1 aliphatic heterocycles. The van der Waals surface area contributed by atoms with Gasteiger partial charge in [0.15, 0.2) is 0 Å². The highest BCUT2D eigenvalue weighted by Gasteiger charge is 2.47. The SMILES string of the molecule is CC(C)(C)C1/C(=N\O)[C@H](CNC(=O)OCc2ccccc2)CN1C(=O)O. The van der Waals surface area contributed by atoms with Crippen molar-refractivity contribution in [1.29, 1.82) is 0 Å². The third kappa shape index (κ3) is 4.65. The van der Waals surface area contributed by atoms with Crippen LogP contribution in [0.25, 0.3) is 0 Å². The summed E-state index contributed by atoms with van der Waals surface area (Å²) >= 11 is 0. The highest BCUT2D eigenvalue weighted by atomic mass is 16.5. The molecular formula is C18H25N3O5. The van der Waals surface area contributed by atoms with Gasteiger partial charge in [-0.2, -0.15) is 0 Å². The van der Waals surface area contributed by atoms with Gasteiger partial charge in [-0.15, -0.1) is 0 Å². The summed E-state index contributed by atoms with van der Waals surface area (Å²) in [6, 6.07) is 8.72. The molecule has 8 nitrogen and oxygen atoms in total. The Bertz CT molecular complexity index is 669. The zero-order valence-electron chi connectivity index (χ0n) is 15.2. The molecule has 2 amide bonds. The summed E-state index contributed by atoms with van der Waals surface area (Å²) in [7, 11) is 0. The topological polar surface area (TPSA) is 111 Å². The number of hydrogen-bond donors (Lipinski definition) is 3. The van der Waals surface area contributed by atoms with Crippen LogP contribution >= 0.6 is 0 Å². The lowest BCUT2D eigenvalue weighted by molar-refractivity contribution is 0.117. The van der Waals surface area contributed by atoms with Crippen LogP contribution in [0.4, 0.5) is 9.59 Å². The summed E-state index contributed by atoms with van der Waals surface area (Å²) in [5, 5.41) is 24.8. The number of carbonyl (C=O) groups excluding carboxylic acids is 1. The minimum absolute atomic E-state index is 0.128. The molecule has 2 atom stereocenters. The van der Waals surface area contributed by atoms with Gasteiger partial charge < -0.3 is 20.4 Å². The predicted molar refractivity (Wildman–Crippen MR) is 95.3 cm³/mol. The van der Waals surface area contributed by atoms with Gasteiger partial charge in [0.2, 0.25) is 0 Å². The molecule has 0 aliphatic carbocycles. The Kier molecular flexibility index (Phi) is 6.07. The van der Waals surface area contributed by atoms with Crippen molar-refractivity contribution >= 4 is 17.9 Å². The van der Waals surface area contributed by atoms with Gasteiger partial charge in [0.05, 0.1) is 11.8 Å². The summed E-state index contributed by atoms with van der Waals surface area (Å²) in [5.41, 5.74) is 0.775. The molecule has 0 aromatic heterocycles. The van der Waals surface area contributed by atoms with Crippen LogP contribution in [-0.2, 0) is 11.3 Å². The first-order chi connectivity index (χ1) is 12.2. The monoisotopic (exact) mass is 363 g/mol. The molecule has 0 saturated carbocycles. The van der Waals surface area contributed by atoms with Gasteiger partial charge in [-0.25, -0.2) is 9.59 Å². The van der Waals surface area contributed by atoms with Gasteiger partial charge in [-0.05, 0) is 11.0 Å². The highest BCUT2D eigenvalue weighted by molar-refractivity contribution is 5.97. The summed E-state index contributed by atoms with van der Waals surface area (Å²) in [6.45, 7) is 6.05. The van der Waals surface area contributed by atoms with E-state index in [1.54, 1.807) is 0 Å². The first kappa shape index (κ1) is 19.6. The first-order valence-electron chi connectivity index (χ1n) is 8.40. The van der Waals surface area contributed by atoms with Crippen LogP contribution in [0.3, 0.4) is 0 Å². The van der Waals surface area contributed by atoms with E-state index < -0.39 is 29.6 Å². The van der Waals surface area contributed by atoms with E-state index in [0.717, 1.165) is 5.56 Å². The Labute approximate surface area is 152 Å². The number of nitrogens with zero attached hydrogens (tertiary/aromatic N) is 2. The quantitative estimate of drug-likeness (QED) is 0.562. The second-order valence-electron chi connectivity index (χ2n) is 7.37. The fourth-order valence-corrected chi connectivity index (χ4v) is 3.21.